The molecule has 1 heterocycles. The number of nitrogens with one attached hydrogen (secondary N) is 1. The van der Waals surface area contributed by atoms with E-state index in [1.807, 2.05) is 0 Å². The lowest BCUT2D eigenvalue weighted by molar-refractivity contribution is -0.146. The van der Waals surface area contributed by atoms with Gasteiger partial charge >= 0.3 is 11.8 Å². The van der Waals surface area contributed by atoms with Crippen LogP contribution < -0.4 is 10.2 Å². The van der Waals surface area contributed by atoms with Crippen LogP contribution in [0.4, 0.5) is 10.1 Å². The second kappa shape index (κ2) is 8.19. The van der Waals surface area contributed by atoms with Crippen LogP contribution in [-0.4, -0.2) is 42.9 Å². The Morgan fingerprint density at radius 2 is 1.58 bits per heavy atom. The third-order valence-electron chi connectivity index (χ3n) is 4.32. The molecular weight excluding hydrogens is 357 g/mol. The fourth-order valence-corrected chi connectivity index (χ4v) is 2.95. The van der Waals surface area contributed by atoms with Crippen LogP contribution in [0.3, 0.4) is 0 Å². The van der Waals surface area contributed by atoms with Gasteiger partial charge in [0, 0.05) is 43.4 Å². The summed E-state index contributed by atoms with van der Waals surface area (Å²) < 4.78 is 13.0. The van der Waals surface area contributed by atoms with Gasteiger partial charge in [0.2, 0.25) is 0 Å². The molecule has 0 unspecified atom stereocenters. The van der Waals surface area contributed by atoms with Gasteiger partial charge in [-0.05, 0) is 42.0 Å². The average Bonchev–Trinajstić information content (AvgIpc) is 2.67. The molecule has 0 aromatic heterocycles. The predicted molar refractivity (Wildman–Crippen MR) is 98.5 cm³/mol. The maximum atomic E-state index is 13.0. The van der Waals surface area contributed by atoms with E-state index in [-0.39, 0.29) is 12.4 Å². The van der Waals surface area contributed by atoms with Crippen molar-refractivity contribution in [3.05, 3.63) is 64.9 Å². The lowest BCUT2D eigenvalue weighted by atomic mass is 10.2. The largest absolute Gasteiger partial charge is 0.368 e. The summed E-state index contributed by atoms with van der Waals surface area (Å²) >= 11 is 5.82. The lowest BCUT2D eigenvalue weighted by Gasteiger charge is -2.35. The highest BCUT2D eigenvalue weighted by atomic mass is 35.5. The minimum Gasteiger partial charge on any atom is -0.368 e. The van der Waals surface area contributed by atoms with E-state index < -0.39 is 11.8 Å². The maximum absolute atomic E-state index is 13.0. The zero-order chi connectivity index (χ0) is 18.5. The Kier molecular flexibility index (Phi) is 5.73. The highest BCUT2D eigenvalue weighted by molar-refractivity contribution is 6.35. The smallest absolute Gasteiger partial charge is 0.312 e. The van der Waals surface area contributed by atoms with E-state index >= 15 is 0 Å². The fourth-order valence-electron chi connectivity index (χ4n) is 2.82. The van der Waals surface area contributed by atoms with Crippen molar-refractivity contribution in [2.75, 3.05) is 31.1 Å². The summed E-state index contributed by atoms with van der Waals surface area (Å²) in [5.41, 5.74) is 1.78. The Morgan fingerprint density at radius 1 is 0.962 bits per heavy atom. The zero-order valence-corrected chi connectivity index (χ0v) is 14.9. The number of rotatable bonds is 3. The number of amides is 2. The molecule has 2 amide bonds. The molecule has 1 aliphatic rings. The molecule has 0 atom stereocenters. The number of nitrogens with zero attached hydrogens (tertiary/aromatic N) is 2. The van der Waals surface area contributed by atoms with Crippen molar-refractivity contribution >= 4 is 29.1 Å². The van der Waals surface area contributed by atoms with E-state index in [4.69, 9.17) is 11.6 Å². The lowest BCUT2D eigenvalue weighted by Crippen LogP contribution is -2.52. The van der Waals surface area contributed by atoms with Crippen LogP contribution in [0.5, 0.6) is 0 Å². The van der Waals surface area contributed by atoms with Gasteiger partial charge in [-0.2, -0.15) is 0 Å². The quantitative estimate of drug-likeness (QED) is 0.838. The molecule has 1 fully saturated rings. The van der Waals surface area contributed by atoms with Gasteiger partial charge in [0.1, 0.15) is 5.82 Å². The van der Waals surface area contributed by atoms with Crippen molar-refractivity contribution in [1.29, 1.82) is 0 Å². The molecule has 1 saturated heterocycles. The molecule has 0 spiro atoms. The molecule has 136 valence electrons. The first-order chi connectivity index (χ1) is 12.5. The molecule has 5 nitrogen and oxygen atoms in total. The Labute approximate surface area is 156 Å². The van der Waals surface area contributed by atoms with Crippen molar-refractivity contribution in [2.45, 2.75) is 6.54 Å². The third kappa shape index (κ3) is 4.52. The Balaban J connectivity index is 1.48. The van der Waals surface area contributed by atoms with E-state index in [1.54, 1.807) is 36.4 Å². The van der Waals surface area contributed by atoms with Gasteiger partial charge in [0.15, 0.2) is 0 Å². The minimum atomic E-state index is -0.616. The number of hydrogen-bond acceptors (Lipinski definition) is 3. The van der Waals surface area contributed by atoms with Crippen LogP contribution in [0.1, 0.15) is 5.56 Å². The van der Waals surface area contributed by atoms with E-state index in [1.165, 1.54) is 17.0 Å². The van der Waals surface area contributed by atoms with Crippen LogP contribution in [0.15, 0.2) is 48.5 Å². The molecule has 2 aromatic carbocycles. The van der Waals surface area contributed by atoms with E-state index in [0.29, 0.717) is 31.2 Å². The van der Waals surface area contributed by atoms with Gasteiger partial charge in [-0.1, -0.05) is 23.7 Å². The zero-order valence-electron chi connectivity index (χ0n) is 14.1. The van der Waals surface area contributed by atoms with Gasteiger partial charge in [0.05, 0.1) is 0 Å². The molecule has 7 heteroatoms. The number of hydrogen-bond donors (Lipinski definition) is 1. The van der Waals surface area contributed by atoms with Gasteiger partial charge in [-0.15, -0.1) is 0 Å². The molecule has 0 aliphatic carbocycles. The first kappa shape index (κ1) is 18.2. The number of piperazine rings is 1. The topological polar surface area (TPSA) is 52.7 Å². The average molecular weight is 376 g/mol. The molecule has 0 bridgehead atoms. The number of benzene rings is 2. The van der Waals surface area contributed by atoms with Crippen LogP contribution in [0, 0.1) is 5.82 Å². The SMILES string of the molecule is O=C(NCc1ccc(Cl)cc1)C(=O)N1CCN(c2ccc(F)cc2)CC1. The maximum Gasteiger partial charge on any atom is 0.312 e. The Bertz CT molecular complexity index is 772. The number of halogens is 2. The third-order valence-corrected chi connectivity index (χ3v) is 4.57. The standard InChI is InChI=1S/C19H19ClFN3O2/c20-15-3-1-14(2-4-15)13-22-18(25)19(26)24-11-9-23(10-12-24)17-7-5-16(21)6-8-17/h1-8H,9-13H2,(H,22,25). The minimum absolute atomic E-state index is 0.275. The monoisotopic (exact) mass is 375 g/mol. The molecule has 3 rings (SSSR count). The number of carbonyl (C=O) groups is 2. The van der Waals surface area contributed by atoms with Crippen LogP contribution in [0.2, 0.25) is 5.02 Å². The summed E-state index contributed by atoms with van der Waals surface area (Å²) in [7, 11) is 0. The van der Waals surface area contributed by atoms with Gasteiger partial charge in [0.25, 0.3) is 0 Å². The molecule has 1 aliphatic heterocycles. The summed E-state index contributed by atoms with van der Waals surface area (Å²) in [5.74, 6) is -1.42. The van der Waals surface area contributed by atoms with Crippen molar-refractivity contribution in [2.24, 2.45) is 0 Å². The second-order valence-corrected chi connectivity index (χ2v) is 6.50. The van der Waals surface area contributed by atoms with Gasteiger partial charge in [-0.3, -0.25) is 9.59 Å². The van der Waals surface area contributed by atoms with Crippen molar-refractivity contribution in [3.8, 4) is 0 Å². The Hall–Kier alpha value is -2.60. The second-order valence-electron chi connectivity index (χ2n) is 6.06. The molecule has 0 saturated carbocycles. The van der Waals surface area contributed by atoms with Crippen LogP contribution >= 0.6 is 11.6 Å². The molecule has 2 aromatic rings. The highest BCUT2D eigenvalue weighted by Gasteiger charge is 2.25. The summed E-state index contributed by atoms with van der Waals surface area (Å²) in [6.07, 6.45) is 0. The summed E-state index contributed by atoms with van der Waals surface area (Å²) in [6, 6.07) is 13.3. The van der Waals surface area contributed by atoms with E-state index in [9.17, 15) is 14.0 Å². The predicted octanol–water partition coefficient (Wildman–Crippen LogP) is 2.44. The molecule has 1 N–H and O–H groups in total. The first-order valence-corrected chi connectivity index (χ1v) is 8.73. The first-order valence-electron chi connectivity index (χ1n) is 8.35. The summed E-state index contributed by atoms with van der Waals surface area (Å²) in [5, 5.41) is 3.26. The van der Waals surface area contributed by atoms with Crippen molar-refractivity contribution < 1.29 is 14.0 Å². The normalized spacial score (nSPS) is 14.2. The fraction of sp³-hybridized carbons (Fsp3) is 0.263. The Morgan fingerprint density at radius 3 is 2.19 bits per heavy atom. The van der Waals surface area contributed by atoms with E-state index in [2.05, 4.69) is 10.2 Å². The van der Waals surface area contributed by atoms with Gasteiger partial charge < -0.3 is 15.1 Å². The summed E-state index contributed by atoms with van der Waals surface area (Å²) in [4.78, 5) is 28.0. The highest BCUT2D eigenvalue weighted by Crippen LogP contribution is 2.17. The van der Waals surface area contributed by atoms with Crippen molar-refractivity contribution in [3.63, 3.8) is 0 Å². The number of carbonyl (C=O) groups excluding carboxylic acids is 2. The summed E-state index contributed by atoms with van der Waals surface area (Å²) in [6.45, 7) is 2.37. The van der Waals surface area contributed by atoms with Crippen LogP contribution in [0.25, 0.3) is 0 Å². The molecule has 26 heavy (non-hydrogen) atoms. The van der Waals surface area contributed by atoms with Crippen LogP contribution in [-0.2, 0) is 16.1 Å². The molecule has 0 radical (unpaired) electrons. The number of anilines is 1. The van der Waals surface area contributed by atoms with E-state index in [0.717, 1.165) is 11.3 Å². The van der Waals surface area contributed by atoms with Gasteiger partial charge in [-0.25, -0.2) is 4.39 Å². The molecular formula is C19H19ClFN3O2. The van der Waals surface area contributed by atoms with Crippen molar-refractivity contribution in [1.82, 2.24) is 10.2 Å².